The summed E-state index contributed by atoms with van der Waals surface area (Å²) in [7, 11) is 0. The third-order valence-corrected chi connectivity index (χ3v) is 18.8. The third kappa shape index (κ3) is 15.8. The van der Waals surface area contributed by atoms with E-state index in [1.165, 1.54) is 35.4 Å². The topological polar surface area (TPSA) is 220 Å². The van der Waals surface area contributed by atoms with E-state index in [1.807, 2.05) is 28.8 Å². The lowest BCUT2D eigenvalue weighted by molar-refractivity contribution is -0.127. The first kappa shape index (κ1) is 65.0. The van der Waals surface area contributed by atoms with E-state index in [0.29, 0.717) is 74.6 Å². The largest absolute Gasteiger partial charge is 0.393 e. The molecule has 10 heterocycles. The molecule has 12 rings (SSSR count). The molecule has 2 aromatic carbocycles. The van der Waals surface area contributed by atoms with Crippen LogP contribution in [-0.2, 0) is 56.7 Å². The molecule has 2 fully saturated rings. The number of alkyl halides is 6. The van der Waals surface area contributed by atoms with E-state index < -0.39 is 25.2 Å². The standard InChI is InChI=1S/C34H33F3N8OS.C31H31F3N8S.CH4/c1-3-31(46)43-30-7-4-22(18-39-30)8-13-45-25(17-38)14-27-21(2)23(5-6-29(27)45)19-44-11-9-24(10-12-44)42-32-28-15-26(16-34(35,36)37)47-33(28)41-20-40-32;1-19-21(3-4-27-25(19)12-23(15-35)42(27)11-6-20-2-5-28(36)37-16-20)17-41-9-7-22(8-10-41)40-29-26-13-24(14-31(32,33)34)43-30(26)39-18-38-29;/h3-7,14-15,18,20,24H,1,8-13,16,19H2,2H3,(H,39,43,46)(H,40,41,42);2-5,12-13,16,18,22H,6-11,14,17H2,1H3,(H2,36,37)(H,38,39,40);1H4. The molecular formula is C66H68F6N16OS2. The number of nitriles is 2. The van der Waals surface area contributed by atoms with Crippen molar-refractivity contribution in [2.24, 2.45) is 0 Å². The van der Waals surface area contributed by atoms with Gasteiger partial charge in [0.2, 0.25) is 5.91 Å². The molecule has 2 saturated heterocycles. The first-order valence-corrected chi connectivity index (χ1v) is 31.1. The van der Waals surface area contributed by atoms with E-state index in [4.69, 9.17) is 5.73 Å². The maximum atomic E-state index is 12.9. The molecule has 91 heavy (non-hydrogen) atoms. The summed E-state index contributed by atoms with van der Waals surface area (Å²) in [6.45, 7) is 14.0. The highest BCUT2D eigenvalue weighted by Gasteiger charge is 2.31. The van der Waals surface area contributed by atoms with Crippen LogP contribution in [-0.4, -0.2) is 105 Å². The van der Waals surface area contributed by atoms with Crippen LogP contribution in [0.5, 0.6) is 0 Å². The summed E-state index contributed by atoms with van der Waals surface area (Å²) in [5.74, 6) is 1.81. The number of likely N-dealkylation sites (tertiary alicyclic amines) is 2. The number of nitrogens with two attached hydrogens (primary N) is 1. The summed E-state index contributed by atoms with van der Waals surface area (Å²) in [6.07, 6.45) is 2.01. The Bertz CT molecular complexity index is 4310. The number of aryl methyl sites for hydroxylation is 6. The normalized spacial score (nSPS) is 14.4. The number of carbonyl (C=O) groups is 1. The quantitative estimate of drug-likeness (QED) is 0.0464. The Labute approximate surface area is 530 Å². The number of hydrogen-bond acceptors (Lipinski definition) is 16. The molecule has 2 aliphatic rings. The fourth-order valence-electron chi connectivity index (χ4n) is 11.9. The molecule has 0 radical (unpaired) electrons. The van der Waals surface area contributed by atoms with Gasteiger partial charge in [-0.3, -0.25) is 14.6 Å². The summed E-state index contributed by atoms with van der Waals surface area (Å²) < 4.78 is 81.6. The van der Waals surface area contributed by atoms with Gasteiger partial charge < -0.3 is 30.8 Å². The molecule has 0 bridgehead atoms. The number of benzene rings is 2. The second-order valence-corrected chi connectivity index (χ2v) is 25.0. The predicted molar refractivity (Wildman–Crippen MR) is 347 cm³/mol. The fraction of sp³-hybridized carbons (Fsp3) is 0.348. The lowest BCUT2D eigenvalue weighted by Crippen LogP contribution is -2.39. The molecule has 0 unspecified atom stereocenters. The van der Waals surface area contributed by atoms with Gasteiger partial charge in [0, 0.05) is 108 Å². The van der Waals surface area contributed by atoms with Crippen molar-refractivity contribution in [2.45, 2.75) is 123 Å². The van der Waals surface area contributed by atoms with Gasteiger partial charge in [-0.25, -0.2) is 29.9 Å². The lowest BCUT2D eigenvalue weighted by atomic mass is 10.0. The Kier molecular flexibility index (Phi) is 20.0. The highest BCUT2D eigenvalue weighted by atomic mass is 32.1. The number of anilines is 4. The van der Waals surface area contributed by atoms with Crippen molar-refractivity contribution in [3.05, 3.63) is 165 Å². The maximum absolute atomic E-state index is 12.9. The molecule has 0 spiro atoms. The average molecular weight is 1280 g/mol. The summed E-state index contributed by atoms with van der Waals surface area (Å²) in [5.41, 5.74) is 15.8. The Morgan fingerprint density at radius 1 is 0.637 bits per heavy atom. The van der Waals surface area contributed by atoms with Gasteiger partial charge in [-0.15, -0.1) is 22.7 Å². The van der Waals surface area contributed by atoms with Gasteiger partial charge in [0.25, 0.3) is 0 Å². The molecule has 10 aromatic rings. The molecule has 5 N–H and O–H groups in total. The zero-order valence-electron chi connectivity index (χ0n) is 49.4. The number of piperidine rings is 2. The molecule has 0 atom stereocenters. The van der Waals surface area contributed by atoms with Crippen LogP contribution >= 0.6 is 22.7 Å². The molecule has 25 heteroatoms. The zero-order valence-corrected chi connectivity index (χ0v) is 51.1. The minimum atomic E-state index is -4.26. The summed E-state index contributed by atoms with van der Waals surface area (Å²) in [5, 5.41) is 32.8. The first-order chi connectivity index (χ1) is 43.3. The number of nitrogens with zero attached hydrogens (tertiary/aromatic N) is 12. The number of halogens is 6. The van der Waals surface area contributed by atoms with Crippen molar-refractivity contribution in [3.63, 3.8) is 0 Å². The Morgan fingerprint density at radius 3 is 1.48 bits per heavy atom. The second kappa shape index (κ2) is 28.0. The van der Waals surface area contributed by atoms with E-state index in [0.717, 1.165) is 133 Å². The Morgan fingerprint density at radius 2 is 1.09 bits per heavy atom. The molecule has 1 amide bonds. The number of aromatic nitrogens is 8. The number of amides is 1. The van der Waals surface area contributed by atoms with Crippen LogP contribution in [0.2, 0.25) is 0 Å². The van der Waals surface area contributed by atoms with Gasteiger partial charge in [0.05, 0.1) is 23.6 Å². The minimum absolute atomic E-state index is 0. The van der Waals surface area contributed by atoms with Gasteiger partial charge in [0.15, 0.2) is 0 Å². The molecule has 2 aliphatic heterocycles. The third-order valence-electron chi connectivity index (χ3n) is 16.7. The van der Waals surface area contributed by atoms with Crippen LogP contribution in [0.25, 0.3) is 42.2 Å². The van der Waals surface area contributed by atoms with Gasteiger partial charge in [0.1, 0.15) is 69.1 Å². The number of hydrogen-bond donors (Lipinski definition) is 4. The SMILES string of the molecule is C.C=CC(=O)Nc1ccc(CCn2c(C#N)cc3c(C)c(CN4CCC(Nc5ncnc6sc(CC(F)(F)F)cc56)CC4)ccc32)cn1.Cc1c(CN2CCC(Nc3ncnc4sc(CC(F)(F)F)cc34)CC2)ccc2c1cc(C#N)n2CCc1ccc(N)nc1. The van der Waals surface area contributed by atoms with Gasteiger partial charge in [-0.05, 0) is 140 Å². The van der Waals surface area contributed by atoms with Gasteiger partial charge in [-0.1, -0.05) is 38.3 Å². The number of fused-ring (bicyclic) bond motifs is 4. The van der Waals surface area contributed by atoms with Crippen molar-refractivity contribution >= 4 is 94.1 Å². The number of nitrogens with one attached hydrogen (secondary N) is 3. The number of thiophene rings is 2. The van der Waals surface area contributed by atoms with Crippen LogP contribution in [0, 0.1) is 36.5 Å². The predicted octanol–water partition coefficient (Wildman–Crippen LogP) is 13.6. The van der Waals surface area contributed by atoms with Crippen LogP contribution in [0.1, 0.15) is 87.6 Å². The van der Waals surface area contributed by atoms with Crippen molar-refractivity contribution in [1.82, 2.24) is 48.8 Å². The minimum Gasteiger partial charge on any atom is -0.384 e. The number of rotatable bonds is 18. The molecule has 472 valence electrons. The number of carbonyl (C=O) groups excluding carboxylic acids is 1. The molecule has 8 aromatic heterocycles. The lowest BCUT2D eigenvalue weighted by Gasteiger charge is -2.33. The van der Waals surface area contributed by atoms with Crippen molar-refractivity contribution in [3.8, 4) is 12.1 Å². The smallest absolute Gasteiger partial charge is 0.384 e. The van der Waals surface area contributed by atoms with Crippen LogP contribution in [0.4, 0.5) is 49.6 Å². The van der Waals surface area contributed by atoms with Crippen molar-refractivity contribution < 1.29 is 31.1 Å². The number of pyridine rings is 2. The summed E-state index contributed by atoms with van der Waals surface area (Å²) in [6, 6.07) is 28.0. The van der Waals surface area contributed by atoms with E-state index in [1.54, 1.807) is 36.7 Å². The van der Waals surface area contributed by atoms with Crippen LogP contribution < -0.4 is 21.7 Å². The van der Waals surface area contributed by atoms with E-state index in [2.05, 4.69) is 117 Å². The van der Waals surface area contributed by atoms with Crippen LogP contribution in [0.15, 0.2) is 110 Å². The first-order valence-electron chi connectivity index (χ1n) is 29.5. The van der Waals surface area contributed by atoms with Gasteiger partial charge >= 0.3 is 12.4 Å². The molecule has 0 aliphatic carbocycles. The molecule has 17 nitrogen and oxygen atoms in total. The highest BCUT2D eigenvalue weighted by Crippen LogP contribution is 2.36. The Hall–Kier alpha value is -9.01. The van der Waals surface area contributed by atoms with Crippen molar-refractivity contribution in [1.29, 1.82) is 10.5 Å². The molecular weight excluding hydrogens is 1210 g/mol. The monoisotopic (exact) mass is 1280 g/mol. The highest BCUT2D eigenvalue weighted by molar-refractivity contribution is 7.19. The van der Waals surface area contributed by atoms with Gasteiger partial charge in [-0.2, -0.15) is 36.9 Å². The second-order valence-electron chi connectivity index (χ2n) is 22.8. The van der Waals surface area contributed by atoms with Crippen LogP contribution in [0.3, 0.4) is 0 Å². The molecule has 0 saturated carbocycles. The summed E-state index contributed by atoms with van der Waals surface area (Å²) in [4.78, 5) is 43.4. The van der Waals surface area contributed by atoms with Crippen molar-refractivity contribution in [2.75, 3.05) is 47.9 Å². The van der Waals surface area contributed by atoms with E-state index in [9.17, 15) is 41.7 Å². The maximum Gasteiger partial charge on any atom is 0.393 e. The zero-order chi connectivity index (χ0) is 63.3. The average Bonchev–Trinajstić information content (AvgIpc) is 1.69. The number of nitrogen functional groups attached to an aromatic ring is 1. The van der Waals surface area contributed by atoms with E-state index >= 15 is 0 Å². The summed E-state index contributed by atoms with van der Waals surface area (Å²) >= 11 is 2.12. The Balaban J connectivity index is 0.000000198. The van der Waals surface area contributed by atoms with E-state index in [-0.39, 0.29) is 35.2 Å². The fourth-order valence-corrected chi connectivity index (χ4v) is 13.9.